The molecule has 8 heteroatoms. The number of likely N-dealkylation sites (tertiary alicyclic amines) is 1. The van der Waals surface area contributed by atoms with Crippen LogP contribution in [0.2, 0.25) is 0 Å². The highest BCUT2D eigenvalue weighted by molar-refractivity contribution is 5.79. The summed E-state index contributed by atoms with van der Waals surface area (Å²) in [6.07, 6.45) is 2.97. The summed E-state index contributed by atoms with van der Waals surface area (Å²) < 4.78 is 17.1. The molecule has 2 atom stereocenters. The first-order valence-corrected chi connectivity index (χ1v) is 17.6. The Labute approximate surface area is 297 Å². The van der Waals surface area contributed by atoms with E-state index in [9.17, 15) is 9.59 Å². The van der Waals surface area contributed by atoms with Crippen molar-refractivity contribution < 1.29 is 23.8 Å². The lowest BCUT2D eigenvalue weighted by atomic mass is 9.80. The van der Waals surface area contributed by atoms with Gasteiger partial charge in [0.1, 0.15) is 17.2 Å². The van der Waals surface area contributed by atoms with Gasteiger partial charge >= 0.3 is 0 Å². The molecule has 2 amide bonds. The molecule has 1 saturated heterocycles. The van der Waals surface area contributed by atoms with Crippen LogP contribution in [0.25, 0.3) is 0 Å². The molecule has 1 N–H and O–H groups in total. The molecule has 0 radical (unpaired) electrons. The highest BCUT2D eigenvalue weighted by Gasteiger charge is 2.33. The average molecular weight is 678 g/mol. The number of benzene rings is 4. The van der Waals surface area contributed by atoms with Crippen LogP contribution in [-0.2, 0) is 29.2 Å². The van der Waals surface area contributed by atoms with Crippen molar-refractivity contribution in [2.75, 3.05) is 40.5 Å². The van der Waals surface area contributed by atoms with Crippen LogP contribution in [0.5, 0.6) is 17.2 Å². The summed E-state index contributed by atoms with van der Waals surface area (Å²) >= 11 is 0. The Balaban J connectivity index is 1.25. The van der Waals surface area contributed by atoms with E-state index >= 15 is 0 Å². The molecule has 0 unspecified atom stereocenters. The molecule has 8 nitrogen and oxygen atoms in total. The number of carbonyl (C=O) groups excluding carboxylic acids is 2. The third-order valence-electron chi connectivity index (χ3n) is 9.53. The van der Waals surface area contributed by atoms with Crippen LogP contribution in [0.1, 0.15) is 47.9 Å². The summed E-state index contributed by atoms with van der Waals surface area (Å²) in [5, 5.41) is 3.12. The van der Waals surface area contributed by atoms with Crippen molar-refractivity contribution in [3.8, 4) is 17.2 Å². The van der Waals surface area contributed by atoms with Gasteiger partial charge in [-0.3, -0.25) is 14.5 Å². The Hall–Kier alpha value is -4.82. The Bertz CT molecular complexity index is 1610. The first-order chi connectivity index (χ1) is 24.4. The fourth-order valence-electron chi connectivity index (χ4n) is 6.77. The monoisotopic (exact) mass is 677 g/mol. The van der Waals surface area contributed by atoms with Gasteiger partial charge in [0, 0.05) is 39.1 Å². The quantitative estimate of drug-likeness (QED) is 0.121. The second kappa shape index (κ2) is 18.8. The summed E-state index contributed by atoms with van der Waals surface area (Å²) in [5.41, 5.74) is 4.35. The zero-order valence-corrected chi connectivity index (χ0v) is 29.7. The third-order valence-corrected chi connectivity index (χ3v) is 9.53. The summed E-state index contributed by atoms with van der Waals surface area (Å²) in [4.78, 5) is 31.4. The van der Waals surface area contributed by atoms with Crippen molar-refractivity contribution in [3.05, 3.63) is 125 Å². The fourth-order valence-corrected chi connectivity index (χ4v) is 6.77. The summed E-state index contributed by atoms with van der Waals surface area (Å²) in [6.45, 7) is 5.90. The van der Waals surface area contributed by atoms with Crippen LogP contribution in [0.4, 0.5) is 0 Å². The first-order valence-electron chi connectivity index (χ1n) is 17.6. The highest BCUT2D eigenvalue weighted by atomic mass is 16.5. The molecular formula is C42H51N3O5. The predicted molar refractivity (Wildman–Crippen MR) is 197 cm³/mol. The number of nitrogens with one attached hydrogen (secondary N) is 1. The molecule has 4 aromatic carbocycles. The van der Waals surface area contributed by atoms with E-state index in [-0.39, 0.29) is 30.2 Å². The average Bonchev–Trinajstić information content (AvgIpc) is 3.14. The van der Waals surface area contributed by atoms with E-state index < -0.39 is 0 Å². The number of hydrogen-bond donors (Lipinski definition) is 1. The molecule has 0 bridgehead atoms. The zero-order valence-electron chi connectivity index (χ0n) is 29.7. The number of ether oxygens (including phenoxy) is 3. The zero-order chi connectivity index (χ0) is 35.1. The van der Waals surface area contributed by atoms with Crippen molar-refractivity contribution in [3.63, 3.8) is 0 Å². The molecule has 1 fully saturated rings. The predicted octanol–water partition coefficient (Wildman–Crippen LogP) is 7.04. The highest BCUT2D eigenvalue weighted by Crippen LogP contribution is 2.31. The molecule has 1 heterocycles. The minimum Gasteiger partial charge on any atom is -0.497 e. The van der Waals surface area contributed by atoms with E-state index in [4.69, 9.17) is 14.2 Å². The molecule has 5 rings (SSSR count). The van der Waals surface area contributed by atoms with Crippen molar-refractivity contribution in [1.82, 2.24) is 15.1 Å². The van der Waals surface area contributed by atoms with Crippen molar-refractivity contribution in [2.24, 2.45) is 11.8 Å². The van der Waals surface area contributed by atoms with Crippen molar-refractivity contribution >= 4 is 11.8 Å². The standard InChI is InChI=1S/C42H51N3O5/c1-32-12-7-8-20-40(32)50-23-11-17-37-30-45(22-21-36(37)26-41(46)43-27-33-13-5-4-6-14-33)42(47)31-44(28-34-15-9-18-38(24-34)48-2)29-35-16-10-19-39(25-35)49-3/h4-10,12-16,18-20,24-25,36-37H,11,17,21-23,26-31H2,1-3H3,(H,43,46)/t36-,37-/m0/s1. The normalized spacial score (nSPS) is 15.8. The lowest BCUT2D eigenvalue weighted by molar-refractivity contribution is -0.135. The summed E-state index contributed by atoms with van der Waals surface area (Å²) in [5.74, 6) is 3.03. The maximum absolute atomic E-state index is 14.1. The molecule has 0 spiro atoms. The van der Waals surface area contributed by atoms with Gasteiger partial charge in [-0.05, 0) is 90.6 Å². The van der Waals surface area contributed by atoms with E-state index in [1.807, 2.05) is 89.8 Å². The van der Waals surface area contributed by atoms with Crippen LogP contribution in [0.3, 0.4) is 0 Å². The number of carbonyl (C=O) groups is 2. The number of amides is 2. The molecule has 4 aromatic rings. The lowest BCUT2D eigenvalue weighted by Gasteiger charge is -2.39. The first kappa shape index (κ1) is 36.5. The van der Waals surface area contributed by atoms with Crippen molar-refractivity contribution in [2.45, 2.75) is 52.2 Å². The minimum absolute atomic E-state index is 0.0579. The topological polar surface area (TPSA) is 80.3 Å². The molecule has 0 saturated carbocycles. The van der Waals surface area contributed by atoms with Gasteiger partial charge in [0.05, 0.1) is 27.4 Å². The van der Waals surface area contributed by atoms with Gasteiger partial charge in [-0.2, -0.15) is 0 Å². The van der Waals surface area contributed by atoms with E-state index in [1.165, 1.54) is 0 Å². The van der Waals surface area contributed by atoms with E-state index in [0.29, 0.717) is 45.8 Å². The lowest BCUT2D eigenvalue weighted by Crippen LogP contribution is -2.48. The molecule has 50 heavy (non-hydrogen) atoms. The van der Waals surface area contributed by atoms with Crippen LogP contribution < -0.4 is 19.5 Å². The maximum atomic E-state index is 14.1. The van der Waals surface area contributed by atoms with Gasteiger partial charge in [-0.15, -0.1) is 0 Å². The van der Waals surface area contributed by atoms with Crippen LogP contribution >= 0.6 is 0 Å². The number of piperidine rings is 1. The van der Waals surface area contributed by atoms with E-state index in [0.717, 1.165) is 58.8 Å². The molecule has 1 aliphatic rings. The number of aryl methyl sites for hydroxylation is 1. The molecular weight excluding hydrogens is 626 g/mol. The van der Waals surface area contributed by atoms with Gasteiger partial charge in [-0.25, -0.2) is 0 Å². The molecule has 1 aliphatic heterocycles. The van der Waals surface area contributed by atoms with Crippen molar-refractivity contribution in [1.29, 1.82) is 0 Å². The number of para-hydroxylation sites is 1. The Morgan fingerprint density at radius 3 is 2.10 bits per heavy atom. The van der Waals surface area contributed by atoms with Crippen LogP contribution in [0, 0.1) is 18.8 Å². The largest absolute Gasteiger partial charge is 0.497 e. The van der Waals surface area contributed by atoms with E-state index in [2.05, 4.69) is 35.3 Å². The molecule has 0 aliphatic carbocycles. The Morgan fingerprint density at radius 1 is 0.800 bits per heavy atom. The van der Waals surface area contributed by atoms with Crippen LogP contribution in [0.15, 0.2) is 103 Å². The summed E-state index contributed by atoms with van der Waals surface area (Å²) in [7, 11) is 3.33. The Kier molecular flexibility index (Phi) is 13.7. The SMILES string of the molecule is COc1cccc(CN(CC(=O)N2CC[C@@H](CC(=O)NCc3ccccc3)[C@@H](CCCOc3ccccc3C)C2)Cc2cccc(OC)c2)c1. The maximum Gasteiger partial charge on any atom is 0.236 e. The summed E-state index contributed by atoms with van der Waals surface area (Å²) in [6, 6.07) is 34.0. The van der Waals surface area contributed by atoms with Gasteiger partial charge < -0.3 is 24.4 Å². The van der Waals surface area contributed by atoms with Gasteiger partial charge in [0.25, 0.3) is 0 Å². The number of nitrogens with zero attached hydrogens (tertiary/aromatic N) is 2. The number of hydrogen-bond acceptors (Lipinski definition) is 6. The van der Waals surface area contributed by atoms with Gasteiger partial charge in [0.2, 0.25) is 11.8 Å². The second-order valence-electron chi connectivity index (χ2n) is 13.2. The third kappa shape index (κ3) is 11.1. The van der Waals surface area contributed by atoms with Gasteiger partial charge in [-0.1, -0.05) is 72.8 Å². The molecule has 0 aromatic heterocycles. The number of methoxy groups -OCH3 is 2. The Morgan fingerprint density at radius 2 is 1.44 bits per heavy atom. The molecule has 264 valence electrons. The van der Waals surface area contributed by atoms with Crippen LogP contribution in [-0.4, -0.2) is 62.1 Å². The smallest absolute Gasteiger partial charge is 0.236 e. The minimum atomic E-state index is 0.0579. The number of rotatable bonds is 17. The fraction of sp³-hybridized carbons (Fsp3) is 0.381. The van der Waals surface area contributed by atoms with Gasteiger partial charge in [0.15, 0.2) is 0 Å². The van der Waals surface area contributed by atoms with E-state index in [1.54, 1.807) is 14.2 Å². The second-order valence-corrected chi connectivity index (χ2v) is 13.2.